The summed E-state index contributed by atoms with van der Waals surface area (Å²) >= 11 is 0. The Balaban J connectivity index is 1.29. The van der Waals surface area contributed by atoms with Crippen molar-refractivity contribution < 1.29 is 23.9 Å². The van der Waals surface area contributed by atoms with Crippen LogP contribution < -0.4 is 15.4 Å². The minimum absolute atomic E-state index is 0.148. The highest BCUT2D eigenvalue weighted by atomic mass is 16.6. The van der Waals surface area contributed by atoms with Crippen LogP contribution >= 0.6 is 0 Å². The van der Waals surface area contributed by atoms with Crippen LogP contribution in [0.2, 0.25) is 0 Å². The van der Waals surface area contributed by atoms with E-state index >= 15 is 0 Å². The summed E-state index contributed by atoms with van der Waals surface area (Å²) < 4.78 is 14.1. The summed E-state index contributed by atoms with van der Waals surface area (Å²) in [5.74, 6) is -0.837. The van der Waals surface area contributed by atoms with E-state index in [1.807, 2.05) is 63.2 Å². The summed E-state index contributed by atoms with van der Waals surface area (Å²) in [5, 5.41) is 4.74. The van der Waals surface area contributed by atoms with E-state index in [1.165, 1.54) is 6.07 Å². The summed E-state index contributed by atoms with van der Waals surface area (Å²) in [4.78, 5) is 56.3. The average molecular weight is 622 g/mol. The van der Waals surface area contributed by atoms with Gasteiger partial charge in [0, 0.05) is 47.7 Å². The lowest BCUT2D eigenvalue weighted by Gasteiger charge is -2.33. The molecule has 2 aromatic carbocycles. The van der Waals surface area contributed by atoms with Crippen LogP contribution in [0, 0.1) is 0 Å². The zero-order valence-electron chi connectivity index (χ0n) is 26.3. The Hall–Kier alpha value is -5.19. The first-order valence-corrected chi connectivity index (χ1v) is 15.5. The van der Waals surface area contributed by atoms with Crippen LogP contribution in [0.25, 0.3) is 11.4 Å². The molecule has 7 rings (SSSR count). The van der Waals surface area contributed by atoms with E-state index in [2.05, 4.69) is 0 Å². The molecule has 2 amide bonds. The number of benzene rings is 2. The highest BCUT2D eigenvalue weighted by Crippen LogP contribution is 2.54. The fourth-order valence-electron chi connectivity index (χ4n) is 6.46. The first-order valence-electron chi connectivity index (χ1n) is 15.5. The van der Waals surface area contributed by atoms with E-state index in [9.17, 15) is 19.2 Å². The lowest BCUT2D eigenvalue weighted by atomic mass is 9.88. The SMILES string of the molecule is CCOC(=O)c1nn(-c2ccc3c(c2)CCN3C(=O)OC(C)(C)C)c2c1C1(CC1)CN(c1ccc(-n3ccccc3=O)cc1)C2=O. The summed E-state index contributed by atoms with van der Waals surface area (Å²) in [5.41, 5.74) is 3.57. The molecule has 0 atom stereocenters. The van der Waals surface area contributed by atoms with E-state index in [4.69, 9.17) is 14.6 Å². The van der Waals surface area contributed by atoms with Crippen LogP contribution in [0.4, 0.5) is 16.2 Å². The van der Waals surface area contributed by atoms with Crippen molar-refractivity contribution in [2.24, 2.45) is 0 Å². The Kier molecular flexibility index (Phi) is 6.88. The number of ether oxygens (including phenoxy) is 2. The largest absolute Gasteiger partial charge is 0.461 e. The van der Waals surface area contributed by atoms with E-state index in [1.54, 1.807) is 44.3 Å². The highest BCUT2D eigenvalue weighted by Gasteiger charge is 2.56. The van der Waals surface area contributed by atoms with Gasteiger partial charge in [0.25, 0.3) is 11.5 Å². The van der Waals surface area contributed by atoms with E-state index in [0.717, 1.165) is 24.1 Å². The first kappa shape index (κ1) is 29.5. The maximum atomic E-state index is 14.4. The van der Waals surface area contributed by atoms with Gasteiger partial charge in [0.2, 0.25) is 0 Å². The molecule has 0 saturated heterocycles. The van der Waals surface area contributed by atoms with Crippen molar-refractivity contribution in [3.8, 4) is 11.4 Å². The Bertz CT molecular complexity index is 1950. The van der Waals surface area contributed by atoms with E-state index in [-0.39, 0.29) is 23.8 Å². The van der Waals surface area contributed by atoms with Gasteiger partial charge in [-0.25, -0.2) is 14.3 Å². The molecule has 4 heterocycles. The molecule has 2 aliphatic heterocycles. The Morgan fingerprint density at radius 2 is 1.67 bits per heavy atom. The molecule has 0 radical (unpaired) electrons. The lowest BCUT2D eigenvalue weighted by molar-refractivity contribution is 0.0515. The molecule has 11 heteroatoms. The van der Waals surface area contributed by atoms with Crippen LogP contribution in [0.5, 0.6) is 0 Å². The predicted molar refractivity (Wildman–Crippen MR) is 171 cm³/mol. The topological polar surface area (TPSA) is 116 Å². The molecule has 1 spiro atoms. The molecular weight excluding hydrogens is 586 g/mol. The number of hydrogen-bond donors (Lipinski definition) is 0. The molecule has 0 unspecified atom stereocenters. The zero-order valence-corrected chi connectivity index (χ0v) is 26.3. The number of hydrogen-bond acceptors (Lipinski definition) is 7. The molecule has 1 saturated carbocycles. The van der Waals surface area contributed by atoms with Crippen molar-refractivity contribution in [1.29, 1.82) is 0 Å². The normalized spacial score (nSPS) is 16.3. The second kappa shape index (κ2) is 10.7. The second-order valence-electron chi connectivity index (χ2n) is 13.0. The van der Waals surface area contributed by atoms with Crippen molar-refractivity contribution in [3.05, 3.63) is 99.7 Å². The number of pyridine rings is 1. The molecule has 4 aromatic rings. The number of rotatable bonds is 5. The molecular formula is C35H35N5O6. The van der Waals surface area contributed by atoms with Crippen LogP contribution in [0.3, 0.4) is 0 Å². The summed E-state index contributed by atoms with van der Waals surface area (Å²) in [6.45, 7) is 8.29. The lowest BCUT2D eigenvalue weighted by Crippen LogP contribution is -2.44. The molecule has 1 aliphatic carbocycles. The molecule has 236 valence electrons. The average Bonchev–Trinajstić information content (AvgIpc) is 3.46. The second-order valence-corrected chi connectivity index (χ2v) is 13.0. The number of esters is 1. The summed E-state index contributed by atoms with van der Waals surface area (Å²) in [6, 6.07) is 17.8. The first-order chi connectivity index (χ1) is 22.0. The van der Waals surface area contributed by atoms with Gasteiger partial charge in [-0.15, -0.1) is 0 Å². The highest BCUT2D eigenvalue weighted by molar-refractivity contribution is 6.10. The van der Waals surface area contributed by atoms with Crippen LogP contribution in [0.1, 0.15) is 72.6 Å². The summed E-state index contributed by atoms with van der Waals surface area (Å²) in [7, 11) is 0. The minimum Gasteiger partial charge on any atom is -0.461 e. The molecule has 0 bridgehead atoms. The quantitative estimate of drug-likeness (QED) is 0.282. The molecule has 2 aromatic heterocycles. The van der Waals surface area contributed by atoms with Crippen molar-refractivity contribution in [3.63, 3.8) is 0 Å². The smallest absolute Gasteiger partial charge is 0.414 e. The molecule has 46 heavy (non-hydrogen) atoms. The van der Waals surface area contributed by atoms with Crippen LogP contribution in [0.15, 0.2) is 71.7 Å². The molecule has 11 nitrogen and oxygen atoms in total. The van der Waals surface area contributed by atoms with Gasteiger partial charge in [-0.3, -0.25) is 19.1 Å². The van der Waals surface area contributed by atoms with Crippen molar-refractivity contribution in [2.75, 3.05) is 29.5 Å². The van der Waals surface area contributed by atoms with Gasteiger partial charge in [-0.2, -0.15) is 5.10 Å². The standard InChI is InChI=1S/C35H35N5O6/c1-5-45-32(43)29-28-30(40(36-29)25-13-14-26-22(20-25)15-19-38(26)33(44)46-34(2,3)4)31(42)39(21-35(28)16-17-35)24-11-9-23(10-12-24)37-18-7-6-8-27(37)41/h6-14,18,20H,5,15-17,19,21H2,1-4H3. The van der Waals surface area contributed by atoms with Gasteiger partial charge in [0.05, 0.1) is 18.0 Å². The zero-order chi connectivity index (χ0) is 32.4. The fourth-order valence-corrected chi connectivity index (χ4v) is 6.46. The number of amides is 2. The van der Waals surface area contributed by atoms with Crippen molar-refractivity contribution in [1.82, 2.24) is 14.3 Å². The van der Waals surface area contributed by atoms with Gasteiger partial charge < -0.3 is 14.4 Å². The molecule has 1 fully saturated rings. The Morgan fingerprint density at radius 3 is 2.35 bits per heavy atom. The number of anilines is 2. The van der Waals surface area contributed by atoms with Gasteiger partial charge in [-0.05, 0) is 101 Å². The molecule has 0 N–H and O–H groups in total. The van der Waals surface area contributed by atoms with E-state index < -0.39 is 23.1 Å². The minimum atomic E-state index is -0.623. The molecule has 3 aliphatic rings. The predicted octanol–water partition coefficient (Wildman–Crippen LogP) is 5.19. The summed E-state index contributed by atoms with van der Waals surface area (Å²) in [6.07, 6.45) is 3.50. The van der Waals surface area contributed by atoms with Crippen LogP contribution in [-0.4, -0.2) is 57.6 Å². The Morgan fingerprint density at radius 1 is 0.957 bits per heavy atom. The van der Waals surface area contributed by atoms with Gasteiger partial charge in [0.15, 0.2) is 5.69 Å². The number of carbonyl (C=O) groups excluding carboxylic acids is 3. The number of aromatic nitrogens is 3. The maximum Gasteiger partial charge on any atom is 0.414 e. The Labute approximate surface area is 265 Å². The van der Waals surface area contributed by atoms with Crippen LogP contribution in [-0.2, 0) is 21.3 Å². The number of carbonyl (C=O) groups is 3. The number of fused-ring (bicyclic) bond motifs is 3. The van der Waals surface area contributed by atoms with Crippen molar-refractivity contribution in [2.45, 2.75) is 58.0 Å². The van der Waals surface area contributed by atoms with Gasteiger partial charge in [0.1, 0.15) is 11.3 Å². The number of nitrogens with zero attached hydrogens (tertiary/aromatic N) is 5. The third-order valence-corrected chi connectivity index (χ3v) is 8.73. The monoisotopic (exact) mass is 621 g/mol. The van der Waals surface area contributed by atoms with Gasteiger partial charge in [-0.1, -0.05) is 6.07 Å². The van der Waals surface area contributed by atoms with E-state index in [0.29, 0.717) is 47.8 Å². The third-order valence-electron chi connectivity index (χ3n) is 8.73. The third kappa shape index (κ3) is 4.96. The maximum absolute atomic E-state index is 14.4. The fraction of sp³-hybridized carbons (Fsp3) is 0.343. The van der Waals surface area contributed by atoms with Gasteiger partial charge >= 0.3 is 12.1 Å². The van der Waals surface area contributed by atoms with Crippen molar-refractivity contribution >= 4 is 29.3 Å².